The zero-order valence-corrected chi connectivity index (χ0v) is 8.90. The molecule has 0 aromatic carbocycles. The SMILES string of the molecule is O=C1NC(=NCC2CCCC2CO)NC1=O. The van der Waals surface area contributed by atoms with Gasteiger partial charge in [0.15, 0.2) is 0 Å². The highest BCUT2D eigenvalue weighted by Gasteiger charge is 2.28. The molecule has 1 heterocycles. The molecule has 6 heteroatoms. The molecule has 88 valence electrons. The molecule has 0 aromatic rings. The van der Waals surface area contributed by atoms with Crippen molar-refractivity contribution in [2.24, 2.45) is 16.8 Å². The third-order valence-electron chi connectivity index (χ3n) is 3.21. The number of amides is 2. The van der Waals surface area contributed by atoms with E-state index < -0.39 is 11.8 Å². The Bertz CT molecular complexity index is 322. The van der Waals surface area contributed by atoms with Gasteiger partial charge in [0.1, 0.15) is 0 Å². The first-order valence-electron chi connectivity index (χ1n) is 5.48. The molecule has 3 N–H and O–H groups in total. The van der Waals surface area contributed by atoms with Crippen LogP contribution in [0, 0.1) is 11.8 Å². The Morgan fingerprint density at radius 1 is 1.19 bits per heavy atom. The monoisotopic (exact) mass is 225 g/mol. The highest BCUT2D eigenvalue weighted by atomic mass is 16.3. The van der Waals surface area contributed by atoms with Crippen LogP contribution >= 0.6 is 0 Å². The molecule has 1 saturated carbocycles. The molecule has 2 amide bonds. The smallest absolute Gasteiger partial charge is 0.316 e. The summed E-state index contributed by atoms with van der Waals surface area (Å²) in [4.78, 5) is 25.9. The number of hydrogen-bond donors (Lipinski definition) is 3. The number of hydrogen-bond acceptors (Lipinski definition) is 4. The minimum absolute atomic E-state index is 0.189. The lowest BCUT2D eigenvalue weighted by Crippen LogP contribution is -2.27. The maximum absolute atomic E-state index is 10.9. The van der Waals surface area contributed by atoms with Gasteiger partial charge >= 0.3 is 11.8 Å². The number of nitrogens with one attached hydrogen (secondary N) is 2. The lowest BCUT2D eigenvalue weighted by Gasteiger charge is -2.14. The molecule has 2 aliphatic rings. The summed E-state index contributed by atoms with van der Waals surface area (Å²) in [5, 5.41) is 13.8. The van der Waals surface area contributed by atoms with E-state index in [1.165, 1.54) is 0 Å². The summed E-state index contributed by atoms with van der Waals surface area (Å²) in [6.45, 7) is 0.732. The maximum atomic E-state index is 10.9. The number of rotatable bonds is 3. The van der Waals surface area contributed by atoms with Gasteiger partial charge in [-0.2, -0.15) is 0 Å². The van der Waals surface area contributed by atoms with E-state index in [0.29, 0.717) is 18.4 Å². The van der Waals surface area contributed by atoms with E-state index in [-0.39, 0.29) is 12.6 Å². The summed E-state index contributed by atoms with van der Waals surface area (Å²) >= 11 is 0. The van der Waals surface area contributed by atoms with Crippen LogP contribution in [0.1, 0.15) is 19.3 Å². The Kier molecular flexibility index (Phi) is 3.19. The molecule has 0 bridgehead atoms. The summed E-state index contributed by atoms with van der Waals surface area (Å²) in [7, 11) is 0. The molecule has 0 radical (unpaired) electrons. The van der Waals surface area contributed by atoms with Crippen LogP contribution in [0.15, 0.2) is 4.99 Å². The van der Waals surface area contributed by atoms with Gasteiger partial charge in [-0.1, -0.05) is 6.42 Å². The van der Waals surface area contributed by atoms with Crippen molar-refractivity contribution in [1.29, 1.82) is 0 Å². The highest BCUT2D eigenvalue weighted by Crippen LogP contribution is 2.31. The number of nitrogens with zero attached hydrogens (tertiary/aromatic N) is 1. The number of carbonyl (C=O) groups excluding carboxylic acids is 2. The van der Waals surface area contributed by atoms with Gasteiger partial charge in [0.2, 0.25) is 5.96 Å². The molecule has 2 unspecified atom stereocenters. The lowest BCUT2D eigenvalue weighted by molar-refractivity contribution is -0.135. The van der Waals surface area contributed by atoms with Crippen molar-refractivity contribution in [1.82, 2.24) is 10.6 Å². The molecule has 1 aliphatic carbocycles. The van der Waals surface area contributed by atoms with Crippen molar-refractivity contribution in [2.45, 2.75) is 19.3 Å². The summed E-state index contributed by atoms with van der Waals surface area (Å²) in [6, 6.07) is 0. The molecule has 0 spiro atoms. The summed E-state index contributed by atoms with van der Waals surface area (Å²) < 4.78 is 0. The van der Waals surface area contributed by atoms with Gasteiger partial charge in [0.25, 0.3) is 0 Å². The molecule has 16 heavy (non-hydrogen) atoms. The molecular weight excluding hydrogens is 210 g/mol. The van der Waals surface area contributed by atoms with Crippen molar-refractivity contribution in [3.63, 3.8) is 0 Å². The van der Waals surface area contributed by atoms with Crippen molar-refractivity contribution >= 4 is 17.8 Å². The molecule has 2 rings (SSSR count). The maximum Gasteiger partial charge on any atom is 0.316 e. The third kappa shape index (κ3) is 2.21. The van der Waals surface area contributed by atoms with Crippen LogP contribution in [0.25, 0.3) is 0 Å². The Balaban J connectivity index is 1.89. The first-order valence-corrected chi connectivity index (χ1v) is 5.48. The van der Waals surface area contributed by atoms with Crippen LogP contribution in [0.2, 0.25) is 0 Å². The zero-order valence-electron chi connectivity index (χ0n) is 8.90. The first kappa shape index (κ1) is 11.1. The molecule has 1 saturated heterocycles. The van der Waals surface area contributed by atoms with Crippen LogP contribution in [0.3, 0.4) is 0 Å². The Morgan fingerprint density at radius 3 is 2.44 bits per heavy atom. The third-order valence-corrected chi connectivity index (χ3v) is 3.21. The minimum atomic E-state index is -0.663. The first-order chi connectivity index (χ1) is 7.70. The van der Waals surface area contributed by atoms with Gasteiger partial charge in [0.05, 0.1) is 0 Å². The Labute approximate surface area is 93.1 Å². The van der Waals surface area contributed by atoms with Crippen molar-refractivity contribution < 1.29 is 14.7 Å². The highest BCUT2D eigenvalue weighted by molar-refractivity contribution is 6.45. The van der Waals surface area contributed by atoms with Crippen LogP contribution in [-0.4, -0.2) is 36.0 Å². The summed E-state index contributed by atoms with van der Waals surface area (Å²) in [5.74, 6) is -0.435. The quantitative estimate of drug-likeness (QED) is 0.538. The predicted octanol–water partition coefficient (Wildman–Crippen LogP) is -1.00. The number of carbonyl (C=O) groups is 2. The number of aliphatic imine (C=N–C) groups is 1. The van der Waals surface area contributed by atoms with E-state index in [0.717, 1.165) is 19.3 Å². The summed E-state index contributed by atoms with van der Waals surface area (Å²) in [6.07, 6.45) is 3.19. The van der Waals surface area contributed by atoms with E-state index in [4.69, 9.17) is 5.11 Å². The van der Waals surface area contributed by atoms with Gasteiger partial charge in [-0.25, -0.2) is 0 Å². The lowest BCUT2D eigenvalue weighted by atomic mass is 9.97. The van der Waals surface area contributed by atoms with Gasteiger partial charge in [-0.05, 0) is 24.7 Å². The van der Waals surface area contributed by atoms with Gasteiger partial charge < -0.3 is 5.11 Å². The molecule has 1 aliphatic heterocycles. The van der Waals surface area contributed by atoms with Gasteiger partial charge in [-0.3, -0.25) is 25.2 Å². The van der Waals surface area contributed by atoms with Gasteiger partial charge in [0, 0.05) is 13.2 Å². The van der Waals surface area contributed by atoms with E-state index in [1.54, 1.807) is 0 Å². The summed E-state index contributed by atoms with van der Waals surface area (Å²) in [5.41, 5.74) is 0. The second kappa shape index (κ2) is 4.61. The van der Waals surface area contributed by atoms with Gasteiger partial charge in [-0.15, -0.1) is 0 Å². The molecule has 6 nitrogen and oxygen atoms in total. The number of aliphatic hydroxyl groups is 1. The topological polar surface area (TPSA) is 90.8 Å². The van der Waals surface area contributed by atoms with E-state index in [2.05, 4.69) is 15.6 Å². The van der Waals surface area contributed by atoms with Crippen LogP contribution < -0.4 is 10.6 Å². The van der Waals surface area contributed by atoms with E-state index in [9.17, 15) is 9.59 Å². The fraction of sp³-hybridized carbons (Fsp3) is 0.700. The average Bonchev–Trinajstić information content (AvgIpc) is 2.83. The number of aliphatic hydroxyl groups excluding tert-OH is 1. The zero-order chi connectivity index (χ0) is 11.5. The Morgan fingerprint density at radius 2 is 1.81 bits per heavy atom. The predicted molar refractivity (Wildman–Crippen MR) is 56.5 cm³/mol. The average molecular weight is 225 g/mol. The van der Waals surface area contributed by atoms with Crippen LogP contribution in [0.4, 0.5) is 0 Å². The normalized spacial score (nSPS) is 29.2. The van der Waals surface area contributed by atoms with E-state index in [1.807, 2.05) is 0 Å². The minimum Gasteiger partial charge on any atom is -0.396 e. The number of guanidine groups is 1. The van der Waals surface area contributed by atoms with E-state index >= 15 is 0 Å². The van der Waals surface area contributed by atoms with Crippen molar-refractivity contribution in [3.05, 3.63) is 0 Å². The molecule has 2 fully saturated rings. The van der Waals surface area contributed by atoms with Crippen molar-refractivity contribution in [2.75, 3.05) is 13.2 Å². The van der Waals surface area contributed by atoms with Crippen LogP contribution in [0.5, 0.6) is 0 Å². The largest absolute Gasteiger partial charge is 0.396 e. The molecule has 0 aromatic heterocycles. The Hall–Kier alpha value is -1.43. The fourth-order valence-electron chi connectivity index (χ4n) is 2.24. The fourth-order valence-corrected chi connectivity index (χ4v) is 2.24. The second-order valence-corrected chi connectivity index (χ2v) is 4.23. The molecular formula is C10H15N3O3. The van der Waals surface area contributed by atoms with Crippen molar-refractivity contribution in [3.8, 4) is 0 Å². The van der Waals surface area contributed by atoms with Crippen LogP contribution in [-0.2, 0) is 9.59 Å². The second-order valence-electron chi connectivity index (χ2n) is 4.23. The standard InChI is InChI=1S/C10H15N3O3/c14-5-7-3-1-2-6(7)4-11-10-12-8(15)9(16)13-10/h6-7,14H,1-5H2,(H2,11,12,13,15,16). The molecule has 2 atom stereocenters.